The highest BCUT2D eigenvalue weighted by molar-refractivity contribution is 5.69. The van der Waals surface area contributed by atoms with Crippen LogP contribution in [0.3, 0.4) is 0 Å². The van der Waals surface area contributed by atoms with Crippen LogP contribution in [0.15, 0.2) is 48.8 Å². The first-order valence-electron chi connectivity index (χ1n) is 5.08. The summed E-state index contributed by atoms with van der Waals surface area (Å²) in [5.74, 6) is 0. The predicted octanol–water partition coefficient (Wildman–Crippen LogP) is 3.16. The van der Waals surface area contributed by atoms with Gasteiger partial charge in [-0.15, -0.1) is 0 Å². The zero-order valence-electron chi connectivity index (χ0n) is 8.98. The number of hydrogen-bond acceptors (Lipinski definition) is 3. The zero-order valence-corrected chi connectivity index (χ0v) is 8.98. The van der Waals surface area contributed by atoms with Gasteiger partial charge in [0.05, 0.1) is 4.92 Å². The third kappa shape index (κ3) is 2.98. The van der Waals surface area contributed by atoms with Crippen molar-refractivity contribution in [3.05, 3.63) is 70.0 Å². The molecule has 4 nitrogen and oxygen atoms in total. The number of hydrogen-bond donors (Lipinski definition) is 0. The fourth-order valence-corrected chi connectivity index (χ4v) is 1.37. The van der Waals surface area contributed by atoms with Crippen molar-refractivity contribution in [2.75, 3.05) is 0 Å². The Morgan fingerprint density at radius 1 is 1.06 bits per heavy atom. The van der Waals surface area contributed by atoms with Crippen molar-refractivity contribution in [3.63, 3.8) is 0 Å². The maximum Gasteiger partial charge on any atom is 0.269 e. The first-order chi connectivity index (χ1) is 8.25. The van der Waals surface area contributed by atoms with Crippen LogP contribution in [0.4, 0.5) is 5.69 Å². The van der Waals surface area contributed by atoms with Crippen LogP contribution >= 0.6 is 0 Å². The Morgan fingerprint density at radius 3 is 2.35 bits per heavy atom. The monoisotopic (exact) mass is 226 g/mol. The number of benzene rings is 1. The number of rotatable bonds is 3. The number of non-ortho nitro benzene ring substituents is 1. The molecule has 0 saturated carbocycles. The van der Waals surface area contributed by atoms with Gasteiger partial charge in [-0.25, -0.2) is 0 Å². The van der Waals surface area contributed by atoms with E-state index in [4.69, 9.17) is 0 Å². The molecule has 0 aliphatic carbocycles. The Morgan fingerprint density at radius 2 is 1.76 bits per heavy atom. The molecule has 2 rings (SSSR count). The Hall–Kier alpha value is -2.49. The zero-order chi connectivity index (χ0) is 12.1. The topological polar surface area (TPSA) is 56.0 Å². The molecule has 0 atom stereocenters. The minimum absolute atomic E-state index is 0.100. The van der Waals surface area contributed by atoms with Gasteiger partial charge in [-0.3, -0.25) is 15.1 Å². The van der Waals surface area contributed by atoms with E-state index in [1.165, 1.54) is 12.1 Å². The fourth-order valence-electron chi connectivity index (χ4n) is 1.37. The van der Waals surface area contributed by atoms with Crippen molar-refractivity contribution < 1.29 is 4.92 Å². The third-order valence-corrected chi connectivity index (χ3v) is 2.26. The van der Waals surface area contributed by atoms with Crippen LogP contribution in [0, 0.1) is 10.1 Å². The summed E-state index contributed by atoms with van der Waals surface area (Å²) in [5.41, 5.74) is 2.01. The summed E-state index contributed by atoms with van der Waals surface area (Å²) >= 11 is 0. The van der Waals surface area contributed by atoms with Crippen molar-refractivity contribution in [2.45, 2.75) is 0 Å². The van der Waals surface area contributed by atoms with Gasteiger partial charge in [0, 0.05) is 24.5 Å². The first-order valence-corrected chi connectivity index (χ1v) is 5.08. The minimum atomic E-state index is -0.408. The Bertz CT molecular complexity index is 533. The molecule has 1 aromatic carbocycles. The van der Waals surface area contributed by atoms with Crippen LogP contribution in [0.2, 0.25) is 0 Å². The Kier molecular flexibility index (Phi) is 3.25. The average molecular weight is 226 g/mol. The lowest BCUT2D eigenvalue weighted by molar-refractivity contribution is -0.384. The lowest BCUT2D eigenvalue weighted by Crippen LogP contribution is -1.86. The second-order valence-electron chi connectivity index (χ2n) is 3.47. The van der Waals surface area contributed by atoms with E-state index in [0.29, 0.717) is 0 Å². The van der Waals surface area contributed by atoms with Gasteiger partial charge >= 0.3 is 0 Å². The van der Waals surface area contributed by atoms with E-state index in [9.17, 15) is 10.1 Å². The molecule has 0 bridgehead atoms. The lowest BCUT2D eigenvalue weighted by Gasteiger charge is -1.94. The van der Waals surface area contributed by atoms with Crippen LogP contribution in [0.1, 0.15) is 11.1 Å². The van der Waals surface area contributed by atoms with Crippen molar-refractivity contribution in [2.24, 2.45) is 0 Å². The highest BCUT2D eigenvalue weighted by Crippen LogP contribution is 2.13. The van der Waals surface area contributed by atoms with Gasteiger partial charge in [-0.05, 0) is 29.3 Å². The Labute approximate surface area is 98.4 Å². The fraction of sp³-hybridized carbons (Fsp3) is 0. The van der Waals surface area contributed by atoms with Gasteiger partial charge in [0.15, 0.2) is 0 Å². The average Bonchev–Trinajstić information content (AvgIpc) is 2.38. The molecule has 0 aliphatic rings. The molecule has 4 heteroatoms. The molecular formula is C13H10N2O2. The van der Waals surface area contributed by atoms with E-state index >= 15 is 0 Å². The third-order valence-electron chi connectivity index (χ3n) is 2.26. The predicted molar refractivity (Wildman–Crippen MR) is 66.3 cm³/mol. The van der Waals surface area contributed by atoms with E-state index in [1.807, 2.05) is 24.3 Å². The van der Waals surface area contributed by atoms with Gasteiger partial charge in [0.2, 0.25) is 0 Å². The molecule has 1 aromatic heterocycles. The lowest BCUT2D eigenvalue weighted by atomic mass is 10.1. The summed E-state index contributed by atoms with van der Waals surface area (Å²) in [6.07, 6.45) is 7.26. The van der Waals surface area contributed by atoms with Gasteiger partial charge in [0.25, 0.3) is 5.69 Å². The summed E-state index contributed by atoms with van der Waals surface area (Å²) in [6.45, 7) is 0. The molecule has 0 spiro atoms. The molecule has 17 heavy (non-hydrogen) atoms. The second kappa shape index (κ2) is 5.03. The highest BCUT2D eigenvalue weighted by Gasteiger charge is 2.01. The molecule has 0 fully saturated rings. The molecule has 0 aliphatic heterocycles. The molecule has 0 unspecified atom stereocenters. The summed E-state index contributed by atoms with van der Waals surface area (Å²) in [4.78, 5) is 14.1. The smallest absolute Gasteiger partial charge is 0.264 e. The molecule has 1 heterocycles. The van der Waals surface area contributed by atoms with E-state index in [1.54, 1.807) is 24.5 Å². The van der Waals surface area contributed by atoms with E-state index in [0.717, 1.165) is 11.1 Å². The second-order valence-corrected chi connectivity index (χ2v) is 3.47. The highest BCUT2D eigenvalue weighted by atomic mass is 16.6. The minimum Gasteiger partial charge on any atom is -0.264 e. The quantitative estimate of drug-likeness (QED) is 0.596. The maximum atomic E-state index is 10.5. The van der Waals surface area contributed by atoms with Gasteiger partial charge in [0.1, 0.15) is 0 Å². The number of nitro benzene ring substituents is 1. The molecular weight excluding hydrogens is 216 g/mol. The summed E-state index contributed by atoms with van der Waals surface area (Å²) in [7, 11) is 0. The first kappa shape index (κ1) is 11.0. The van der Waals surface area contributed by atoms with E-state index in [2.05, 4.69) is 4.98 Å². The standard InChI is InChI=1S/C13H10N2O2/c16-15(17)13-7-5-11(6-8-13)3-4-12-2-1-9-14-10-12/h1-10H. The van der Waals surface area contributed by atoms with Crippen LogP contribution < -0.4 is 0 Å². The van der Waals surface area contributed by atoms with Crippen LogP contribution in [0.25, 0.3) is 12.2 Å². The number of aromatic nitrogens is 1. The SMILES string of the molecule is O=[N+]([O-])c1ccc(C=Cc2cccnc2)cc1. The number of pyridine rings is 1. The molecule has 0 radical (unpaired) electrons. The maximum absolute atomic E-state index is 10.5. The van der Waals surface area contributed by atoms with Gasteiger partial charge in [-0.2, -0.15) is 0 Å². The van der Waals surface area contributed by atoms with Crippen LogP contribution in [0.5, 0.6) is 0 Å². The van der Waals surface area contributed by atoms with Crippen LogP contribution in [-0.2, 0) is 0 Å². The van der Waals surface area contributed by atoms with Crippen molar-refractivity contribution >= 4 is 17.8 Å². The molecule has 0 N–H and O–H groups in total. The summed E-state index contributed by atoms with van der Waals surface area (Å²) in [6, 6.07) is 10.2. The van der Waals surface area contributed by atoms with Gasteiger partial charge < -0.3 is 0 Å². The van der Waals surface area contributed by atoms with E-state index < -0.39 is 4.92 Å². The summed E-state index contributed by atoms with van der Waals surface area (Å²) < 4.78 is 0. The largest absolute Gasteiger partial charge is 0.269 e. The Balaban J connectivity index is 2.14. The van der Waals surface area contributed by atoms with E-state index in [-0.39, 0.29) is 5.69 Å². The normalized spacial score (nSPS) is 10.6. The van der Waals surface area contributed by atoms with Crippen molar-refractivity contribution in [3.8, 4) is 0 Å². The van der Waals surface area contributed by atoms with Gasteiger partial charge in [-0.1, -0.05) is 18.2 Å². The summed E-state index contributed by atoms with van der Waals surface area (Å²) in [5, 5.41) is 10.5. The van der Waals surface area contributed by atoms with Crippen molar-refractivity contribution in [1.82, 2.24) is 4.98 Å². The molecule has 84 valence electrons. The molecule has 2 aromatic rings. The molecule has 0 saturated heterocycles. The van der Waals surface area contributed by atoms with Crippen molar-refractivity contribution in [1.29, 1.82) is 0 Å². The number of nitrogens with zero attached hydrogens (tertiary/aromatic N) is 2. The number of nitro groups is 1. The van der Waals surface area contributed by atoms with Crippen LogP contribution in [-0.4, -0.2) is 9.91 Å². The molecule has 0 amide bonds.